The van der Waals surface area contributed by atoms with Crippen molar-refractivity contribution < 1.29 is 13.3 Å². The highest BCUT2D eigenvalue weighted by atomic mass is 28.4. The summed E-state index contributed by atoms with van der Waals surface area (Å²) in [4.78, 5) is 0. The zero-order valence-corrected chi connectivity index (χ0v) is 10.3. The van der Waals surface area contributed by atoms with E-state index in [9.17, 15) is 0 Å². The van der Waals surface area contributed by atoms with Crippen LogP contribution in [0, 0.1) is 0 Å². The summed E-state index contributed by atoms with van der Waals surface area (Å²) in [7, 11) is 0.612. The third-order valence-electron chi connectivity index (χ3n) is 2.15. The molecule has 0 aliphatic heterocycles. The fourth-order valence-corrected chi connectivity index (χ4v) is 1.97. The summed E-state index contributed by atoms with van der Waals surface area (Å²) in [5.41, 5.74) is 0.935. The molecule has 0 N–H and O–H groups in total. The van der Waals surface area contributed by atoms with E-state index in [2.05, 4.69) is 6.58 Å². The molecule has 0 spiro atoms. The van der Waals surface area contributed by atoms with Crippen LogP contribution in [0.4, 0.5) is 0 Å². The van der Waals surface area contributed by atoms with Crippen LogP contribution in [-0.4, -0.2) is 23.0 Å². The molecule has 0 bridgehead atoms. The van der Waals surface area contributed by atoms with Gasteiger partial charge in [0.25, 0.3) is 0 Å². The Morgan fingerprint density at radius 1 is 1.13 bits per heavy atom. The van der Waals surface area contributed by atoms with Gasteiger partial charge in [0.15, 0.2) is 0 Å². The second-order valence-corrected chi connectivity index (χ2v) is 5.91. The van der Waals surface area contributed by atoms with Crippen molar-refractivity contribution in [1.82, 2.24) is 0 Å². The maximum absolute atomic E-state index is 5.62. The quantitative estimate of drug-likeness (QED) is 0.568. The van der Waals surface area contributed by atoms with Crippen molar-refractivity contribution in [2.75, 3.05) is 14.2 Å². The van der Waals surface area contributed by atoms with Crippen LogP contribution >= 0.6 is 0 Å². The molecule has 0 aliphatic rings. The average Bonchev–Trinajstić information content (AvgIpc) is 2.30. The predicted octanol–water partition coefficient (Wildman–Crippen LogP) is 2.54. The Morgan fingerprint density at radius 2 is 1.67 bits per heavy atom. The molecule has 0 aliphatic carbocycles. The Labute approximate surface area is 91.7 Å². The lowest BCUT2D eigenvalue weighted by atomic mass is 10.2. The normalized spacial score (nSPS) is 11.1. The Bertz CT molecular complexity index is 320. The summed E-state index contributed by atoms with van der Waals surface area (Å²) in [5.74, 6) is 0.577. The van der Waals surface area contributed by atoms with Crippen LogP contribution in [-0.2, 0) is 13.3 Å². The summed E-state index contributed by atoms with van der Waals surface area (Å²) in [6.45, 7) is 5.68. The number of hydrogen-bond donors (Lipinski definition) is 0. The van der Waals surface area contributed by atoms with Crippen LogP contribution in [0.15, 0.2) is 36.9 Å². The molecule has 1 aromatic carbocycles. The maximum Gasteiger partial charge on any atom is 0.562 e. The van der Waals surface area contributed by atoms with E-state index in [4.69, 9.17) is 13.3 Å². The van der Waals surface area contributed by atoms with E-state index in [0.29, 0.717) is 5.76 Å². The van der Waals surface area contributed by atoms with Gasteiger partial charge in [0.05, 0.1) is 0 Å². The lowest BCUT2D eigenvalue weighted by molar-refractivity contribution is 0.157. The molecule has 0 saturated carbocycles. The Hall–Kier alpha value is -1.10. The van der Waals surface area contributed by atoms with Crippen molar-refractivity contribution in [2.45, 2.75) is 6.55 Å². The van der Waals surface area contributed by atoms with E-state index < -0.39 is 8.80 Å². The average molecular weight is 224 g/mol. The molecular formula is C11H16O3Si. The highest BCUT2D eigenvalue weighted by Gasteiger charge is 2.34. The molecule has 1 aromatic rings. The first-order chi connectivity index (χ1) is 7.11. The fourth-order valence-electron chi connectivity index (χ4n) is 1.07. The molecule has 3 nitrogen and oxygen atoms in total. The highest BCUT2D eigenvalue weighted by Crippen LogP contribution is 2.19. The van der Waals surface area contributed by atoms with Gasteiger partial charge in [0.2, 0.25) is 0 Å². The van der Waals surface area contributed by atoms with E-state index in [-0.39, 0.29) is 0 Å². The van der Waals surface area contributed by atoms with Gasteiger partial charge in [-0.3, -0.25) is 0 Å². The van der Waals surface area contributed by atoms with Gasteiger partial charge in [0, 0.05) is 26.3 Å². The minimum absolute atomic E-state index is 0.577. The Kier molecular flexibility index (Phi) is 4.08. The van der Waals surface area contributed by atoms with Crippen LogP contribution in [0.3, 0.4) is 0 Å². The highest BCUT2D eigenvalue weighted by molar-refractivity contribution is 6.60. The van der Waals surface area contributed by atoms with Crippen molar-refractivity contribution in [3.8, 4) is 0 Å². The van der Waals surface area contributed by atoms with Crippen molar-refractivity contribution in [2.24, 2.45) is 0 Å². The van der Waals surface area contributed by atoms with Gasteiger partial charge in [-0.2, -0.15) is 0 Å². The SMILES string of the molecule is C=C(O[Si](C)(OC)OC)c1ccccc1. The van der Waals surface area contributed by atoms with E-state index in [0.717, 1.165) is 5.56 Å². The molecular weight excluding hydrogens is 208 g/mol. The fraction of sp³-hybridized carbons (Fsp3) is 0.273. The van der Waals surface area contributed by atoms with Gasteiger partial charge in [0.1, 0.15) is 5.76 Å². The van der Waals surface area contributed by atoms with Crippen molar-refractivity contribution in [3.05, 3.63) is 42.5 Å². The monoisotopic (exact) mass is 224 g/mol. The number of rotatable bonds is 5. The summed E-state index contributed by atoms with van der Waals surface area (Å²) >= 11 is 0. The third-order valence-corrected chi connectivity index (χ3v) is 4.25. The molecule has 0 atom stereocenters. The molecule has 0 aromatic heterocycles. The second-order valence-electron chi connectivity index (χ2n) is 3.16. The molecule has 0 saturated heterocycles. The van der Waals surface area contributed by atoms with Gasteiger partial charge in [-0.05, 0) is 0 Å². The summed E-state index contributed by atoms with van der Waals surface area (Å²) < 4.78 is 16.0. The lowest BCUT2D eigenvalue weighted by Gasteiger charge is -2.24. The van der Waals surface area contributed by atoms with Crippen LogP contribution in [0.1, 0.15) is 5.56 Å². The van der Waals surface area contributed by atoms with Gasteiger partial charge in [-0.25, -0.2) is 0 Å². The first-order valence-electron chi connectivity index (χ1n) is 4.65. The van der Waals surface area contributed by atoms with Gasteiger partial charge >= 0.3 is 8.80 Å². The molecule has 4 heteroatoms. The van der Waals surface area contributed by atoms with Gasteiger partial charge < -0.3 is 13.3 Å². The minimum Gasteiger partial charge on any atom is -0.501 e. The largest absolute Gasteiger partial charge is 0.562 e. The summed E-state index contributed by atoms with van der Waals surface area (Å²) in [6.07, 6.45) is 0. The zero-order valence-electron chi connectivity index (χ0n) is 9.32. The van der Waals surface area contributed by atoms with Crippen molar-refractivity contribution >= 4 is 14.6 Å². The van der Waals surface area contributed by atoms with E-state index in [1.807, 2.05) is 36.9 Å². The molecule has 0 unspecified atom stereocenters. The smallest absolute Gasteiger partial charge is 0.501 e. The van der Waals surface area contributed by atoms with Gasteiger partial charge in [-0.15, -0.1) is 0 Å². The van der Waals surface area contributed by atoms with E-state index >= 15 is 0 Å². The van der Waals surface area contributed by atoms with Crippen molar-refractivity contribution in [1.29, 1.82) is 0 Å². The predicted molar refractivity (Wildman–Crippen MR) is 62.2 cm³/mol. The van der Waals surface area contributed by atoms with Gasteiger partial charge in [-0.1, -0.05) is 36.9 Å². The first kappa shape index (κ1) is 12.0. The molecule has 82 valence electrons. The topological polar surface area (TPSA) is 27.7 Å². The molecule has 1 rings (SSSR count). The van der Waals surface area contributed by atoms with Crippen LogP contribution in [0.2, 0.25) is 6.55 Å². The van der Waals surface area contributed by atoms with E-state index in [1.54, 1.807) is 14.2 Å². The number of benzene rings is 1. The van der Waals surface area contributed by atoms with Crippen molar-refractivity contribution in [3.63, 3.8) is 0 Å². The minimum atomic E-state index is -2.54. The van der Waals surface area contributed by atoms with Crippen LogP contribution in [0.25, 0.3) is 5.76 Å². The molecule has 0 radical (unpaired) electrons. The maximum atomic E-state index is 5.62. The lowest BCUT2D eigenvalue weighted by Crippen LogP contribution is -2.39. The van der Waals surface area contributed by atoms with Crippen LogP contribution in [0.5, 0.6) is 0 Å². The van der Waals surface area contributed by atoms with E-state index in [1.165, 1.54) is 0 Å². The molecule has 0 heterocycles. The Balaban J connectivity index is 2.72. The molecule has 15 heavy (non-hydrogen) atoms. The molecule has 0 amide bonds. The second kappa shape index (κ2) is 5.11. The molecule has 0 fully saturated rings. The first-order valence-corrected chi connectivity index (χ1v) is 6.87. The standard InChI is InChI=1S/C11H16O3Si/c1-10(11-8-6-5-7-9-11)14-15(4,12-2)13-3/h5-9H,1H2,2-4H3. The third kappa shape index (κ3) is 3.19. The number of hydrogen-bond acceptors (Lipinski definition) is 3. The summed E-state index contributed by atoms with van der Waals surface area (Å²) in [6, 6.07) is 9.68. The zero-order chi connectivity index (χ0) is 11.3. The Morgan fingerprint density at radius 3 is 2.13 bits per heavy atom. The summed E-state index contributed by atoms with van der Waals surface area (Å²) in [5, 5.41) is 0. The van der Waals surface area contributed by atoms with Crippen LogP contribution < -0.4 is 0 Å².